The minimum Gasteiger partial charge on any atom is -0.271 e. The molecule has 0 aromatic rings. The summed E-state index contributed by atoms with van der Waals surface area (Å²) in [5.74, 6) is 5.50. The molecule has 0 spiro atoms. The summed E-state index contributed by atoms with van der Waals surface area (Å²) in [5, 5.41) is 0. The minimum absolute atomic E-state index is 0.440. The number of rotatable bonds is 4. The molecule has 0 bridgehead atoms. The molecule has 1 aliphatic rings. The molecular formula is C10H20N2. The summed E-state index contributed by atoms with van der Waals surface area (Å²) in [4.78, 5) is 0. The van der Waals surface area contributed by atoms with Crippen LogP contribution in [-0.4, -0.2) is 6.04 Å². The highest BCUT2D eigenvalue weighted by Gasteiger charge is 2.13. The van der Waals surface area contributed by atoms with Gasteiger partial charge in [0.25, 0.3) is 0 Å². The molecule has 70 valence electrons. The summed E-state index contributed by atoms with van der Waals surface area (Å²) in [6.07, 6.45) is 9.92. The van der Waals surface area contributed by atoms with Crippen LogP contribution >= 0.6 is 0 Å². The monoisotopic (exact) mass is 168 g/mol. The summed E-state index contributed by atoms with van der Waals surface area (Å²) < 4.78 is 0. The first kappa shape index (κ1) is 9.75. The third-order valence-electron chi connectivity index (χ3n) is 2.55. The van der Waals surface area contributed by atoms with Crippen LogP contribution in [0.2, 0.25) is 0 Å². The maximum atomic E-state index is 5.50. The van der Waals surface area contributed by atoms with E-state index >= 15 is 0 Å². The molecule has 0 amide bonds. The Labute approximate surface area is 75.2 Å². The second-order valence-corrected chi connectivity index (χ2v) is 3.53. The molecular weight excluding hydrogens is 148 g/mol. The summed E-state index contributed by atoms with van der Waals surface area (Å²) in [5.41, 5.74) is 4.44. The molecule has 0 heterocycles. The molecule has 2 heteroatoms. The van der Waals surface area contributed by atoms with Crippen molar-refractivity contribution < 1.29 is 0 Å². The molecule has 0 saturated carbocycles. The SMILES string of the molecule is CCCC(NN)C1=CCCCC1. The Hall–Kier alpha value is -0.340. The molecule has 1 aliphatic carbocycles. The van der Waals surface area contributed by atoms with E-state index in [2.05, 4.69) is 18.4 Å². The van der Waals surface area contributed by atoms with Crippen LogP contribution < -0.4 is 11.3 Å². The van der Waals surface area contributed by atoms with Gasteiger partial charge in [0, 0.05) is 6.04 Å². The lowest BCUT2D eigenvalue weighted by Crippen LogP contribution is -2.36. The van der Waals surface area contributed by atoms with Crippen molar-refractivity contribution in [1.82, 2.24) is 5.43 Å². The van der Waals surface area contributed by atoms with Crippen molar-refractivity contribution in [2.45, 2.75) is 51.5 Å². The number of nitrogens with two attached hydrogens (primary N) is 1. The van der Waals surface area contributed by atoms with Gasteiger partial charge in [0.15, 0.2) is 0 Å². The van der Waals surface area contributed by atoms with Crippen LogP contribution in [0, 0.1) is 0 Å². The van der Waals surface area contributed by atoms with Crippen molar-refractivity contribution in [2.75, 3.05) is 0 Å². The topological polar surface area (TPSA) is 38.0 Å². The van der Waals surface area contributed by atoms with E-state index in [0.29, 0.717) is 6.04 Å². The lowest BCUT2D eigenvalue weighted by molar-refractivity contribution is 0.511. The first-order valence-corrected chi connectivity index (χ1v) is 5.03. The minimum atomic E-state index is 0.440. The zero-order chi connectivity index (χ0) is 8.81. The van der Waals surface area contributed by atoms with E-state index in [4.69, 9.17) is 5.84 Å². The Balaban J connectivity index is 2.45. The first-order valence-electron chi connectivity index (χ1n) is 5.03. The van der Waals surface area contributed by atoms with Gasteiger partial charge in [-0.2, -0.15) is 0 Å². The van der Waals surface area contributed by atoms with Crippen LogP contribution in [-0.2, 0) is 0 Å². The average Bonchev–Trinajstić information content (AvgIpc) is 2.15. The molecule has 0 aromatic heterocycles. The number of allylic oxidation sites excluding steroid dienone is 1. The predicted octanol–water partition coefficient (Wildman–Crippen LogP) is 2.12. The Kier molecular flexibility index (Phi) is 4.33. The fourth-order valence-corrected chi connectivity index (χ4v) is 1.84. The van der Waals surface area contributed by atoms with E-state index in [9.17, 15) is 0 Å². The molecule has 0 radical (unpaired) electrons. The van der Waals surface area contributed by atoms with Crippen molar-refractivity contribution >= 4 is 0 Å². The van der Waals surface area contributed by atoms with Crippen LogP contribution in [0.3, 0.4) is 0 Å². The van der Waals surface area contributed by atoms with E-state index < -0.39 is 0 Å². The fourth-order valence-electron chi connectivity index (χ4n) is 1.84. The molecule has 1 rings (SSSR count). The van der Waals surface area contributed by atoms with Crippen molar-refractivity contribution in [3.05, 3.63) is 11.6 Å². The molecule has 0 aliphatic heterocycles. The highest BCUT2D eigenvalue weighted by Crippen LogP contribution is 2.21. The molecule has 0 fully saturated rings. The lowest BCUT2D eigenvalue weighted by atomic mass is 9.92. The summed E-state index contributed by atoms with van der Waals surface area (Å²) in [6.45, 7) is 2.20. The van der Waals surface area contributed by atoms with Gasteiger partial charge in [-0.1, -0.05) is 25.0 Å². The zero-order valence-corrected chi connectivity index (χ0v) is 7.97. The van der Waals surface area contributed by atoms with Gasteiger partial charge in [-0.25, -0.2) is 0 Å². The van der Waals surface area contributed by atoms with Gasteiger partial charge in [0.2, 0.25) is 0 Å². The maximum absolute atomic E-state index is 5.50. The molecule has 1 atom stereocenters. The molecule has 0 aromatic carbocycles. The highest BCUT2D eigenvalue weighted by molar-refractivity contribution is 5.12. The van der Waals surface area contributed by atoms with Gasteiger partial charge in [0.1, 0.15) is 0 Å². The predicted molar refractivity (Wildman–Crippen MR) is 52.6 cm³/mol. The molecule has 0 saturated heterocycles. The van der Waals surface area contributed by atoms with Gasteiger partial charge in [0.05, 0.1) is 0 Å². The fraction of sp³-hybridized carbons (Fsp3) is 0.800. The number of hydrogen-bond donors (Lipinski definition) is 2. The Morgan fingerprint density at radius 3 is 2.92 bits per heavy atom. The van der Waals surface area contributed by atoms with Crippen molar-refractivity contribution in [3.63, 3.8) is 0 Å². The Morgan fingerprint density at radius 1 is 1.58 bits per heavy atom. The van der Waals surface area contributed by atoms with Crippen LogP contribution in [0.4, 0.5) is 0 Å². The Bertz CT molecular complexity index is 152. The van der Waals surface area contributed by atoms with E-state index in [1.807, 2.05) is 0 Å². The van der Waals surface area contributed by atoms with E-state index in [1.54, 1.807) is 0 Å². The second kappa shape index (κ2) is 5.33. The number of hydrogen-bond acceptors (Lipinski definition) is 2. The van der Waals surface area contributed by atoms with Crippen molar-refractivity contribution in [2.24, 2.45) is 5.84 Å². The van der Waals surface area contributed by atoms with Gasteiger partial charge >= 0.3 is 0 Å². The largest absolute Gasteiger partial charge is 0.271 e. The number of nitrogens with one attached hydrogen (secondary N) is 1. The quantitative estimate of drug-likeness (QED) is 0.383. The van der Waals surface area contributed by atoms with Crippen LogP contribution in [0.25, 0.3) is 0 Å². The van der Waals surface area contributed by atoms with Crippen LogP contribution in [0.1, 0.15) is 45.4 Å². The van der Waals surface area contributed by atoms with Gasteiger partial charge in [-0.3, -0.25) is 11.3 Å². The zero-order valence-electron chi connectivity index (χ0n) is 7.97. The second-order valence-electron chi connectivity index (χ2n) is 3.53. The van der Waals surface area contributed by atoms with E-state index in [1.165, 1.54) is 44.1 Å². The summed E-state index contributed by atoms with van der Waals surface area (Å²) in [7, 11) is 0. The van der Waals surface area contributed by atoms with Crippen LogP contribution in [0.15, 0.2) is 11.6 Å². The van der Waals surface area contributed by atoms with Crippen molar-refractivity contribution in [1.29, 1.82) is 0 Å². The molecule has 3 N–H and O–H groups in total. The smallest absolute Gasteiger partial charge is 0.0419 e. The molecule has 1 unspecified atom stereocenters. The summed E-state index contributed by atoms with van der Waals surface area (Å²) >= 11 is 0. The van der Waals surface area contributed by atoms with E-state index in [0.717, 1.165) is 0 Å². The van der Waals surface area contributed by atoms with Gasteiger partial charge < -0.3 is 0 Å². The summed E-state index contributed by atoms with van der Waals surface area (Å²) in [6, 6.07) is 0.440. The van der Waals surface area contributed by atoms with E-state index in [-0.39, 0.29) is 0 Å². The number of hydrazine groups is 1. The third kappa shape index (κ3) is 2.61. The van der Waals surface area contributed by atoms with Crippen molar-refractivity contribution in [3.8, 4) is 0 Å². The average molecular weight is 168 g/mol. The lowest BCUT2D eigenvalue weighted by Gasteiger charge is -2.21. The third-order valence-corrected chi connectivity index (χ3v) is 2.55. The highest BCUT2D eigenvalue weighted by atomic mass is 15.2. The van der Waals surface area contributed by atoms with Gasteiger partial charge in [-0.15, -0.1) is 0 Å². The Morgan fingerprint density at radius 2 is 2.42 bits per heavy atom. The normalized spacial score (nSPS) is 20.3. The molecule has 12 heavy (non-hydrogen) atoms. The first-order chi connectivity index (χ1) is 5.88. The van der Waals surface area contributed by atoms with Crippen LogP contribution in [0.5, 0.6) is 0 Å². The maximum Gasteiger partial charge on any atom is 0.0419 e. The molecule has 2 nitrogen and oxygen atoms in total. The van der Waals surface area contributed by atoms with Gasteiger partial charge in [-0.05, 0) is 32.1 Å². The standard InChI is InChI=1S/C10H20N2/c1-2-6-10(12-11)9-7-4-3-5-8-9/h7,10,12H,2-6,8,11H2,1H3.